The number of thiazole rings is 1. The number of amides is 1. The molecule has 0 bridgehead atoms. The van der Waals surface area contributed by atoms with Gasteiger partial charge in [0.25, 0.3) is 0 Å². The molecule has 0 N–H and O–H groups in total. The van der Waals surface area contributed by atoms with E-state index in [-0.39, 0.29) is 5.91 Å². The van der Waals surface area contributed by atoms with Crippen molar-refractivity contribution in [2.75, 3.05) is 31.1 Å². The molecule has 2 aromatic carbocycles. The highest BCUT2D eigenvalue weighted by Gasteiger charge is 2.21. The Morgan fingerprint density at radius 2 is 1.68 bits per heavy atom. The van der Waals surface area contributed by atoms with Crippen molar-refractivity contribution in [1.29, 1.82) is 0 Å². The molecular formula is C20H19N3OS. The number of nitrogens with zero attached hydrogens (tertiary/aromatic N) is 3. The smallest absolute Gasteiger partial charge is 0.246 e. The zero-order valence-corrected chi connectivity index (χ0v) is 14.7. The Bertz CT molecular complexity index is 862. The van der Waals surface area contributed by atoms with E-state index in [1.807, 2.05) is 59.5 Å². The fourth-order valence-electron chi connectivity index (χ4n) is 2.95. The molecule has 5 heteroatoms. The molecule has 1 aliphatic rings. The van der Waals surface area contributed by atoms with Crippen LogP contribution in [0.1, 0.15) is 5.56 Å². The van der Waals surface area contributed by atoms with Crippen LogP contribution in [0.25, 0.3) is 16.3 Å². The molecule has 2 heterocycles. The molecule has 4 rings (SSSR count). The number of aromatic nitrogens is 1. The summed E-state index contributed by atoms with van der Waals surface area (Å²) >= 11 is 1.72. The molecule has 1 saturated heterocycles. The second kappa shape index (κ2) is 7.07. The van der Waals surface area contributed by atoms with Gasteiger partial charge in [-0.3, -0.25) is 4.79 Å². The number of rotatable bonds is 3. The zero-order chi connectivity index (χ0) is 17.1. The Morgan fingerprint density at radius 1 is 0.960 bits per heavy atom. The second-order valence-corrected chi connectivity index (χ2v) is 7.03. The molecule has 0 aliphatic carbocycles. The van der Waals surface area contributed by atoms with Crippen molar-refractivity contribution in [2.45, 2.75) is 0 Å². The summed E-state index contributed by atoms with van der Waals surface area (Å²) in [6.45, 7) is 3.11. The second-order valence-electron chi connectivity index (χ2n) is 6.02. The lowest BCUT2D eigenvalue weighted by Crippen LogP contribution is -2.48. The monoisotopic (exact) mass is 349 g/mol. The topological polar surface area (TPSA) is 36.4 Å². The largest absolute Gasteiger partial charge is 0.345 e. The number of carbonyl (C=O) groups excluding carboxylic acids is 1. The zero-order valence-electron chi connectivity index (χ0n) is 13.8. The number of benzene rings is 2. The lowest BCUT2D eigenvalue weighted by Gasteiger charge is -2.34. The van der Waals surface area contributed by atoms with Gasteiger partial charge in [0.1, 0.15) is 0 Å². The summed E-state index contributed by atoms with van der Waals surface area (Å²) in [4.78, 5) is 21.3. The van der Waals surface area contributed by atoms with Crippen LogP contribution in [0.3, 0.4) is 0 Å². The Labute approximate surface area is 151 Å². The van der Waals surface area contributed by atoms with E-state index in [0.717, 1.165) is 42.4 Å². The maximum absolute atomic E-state index is 12.4. The van der Waals surface area contributed by atoms with Gasteiger partial charge in [-0.05, 0) is 23.8 Å². The van der Waals surface area contributed by atoms with Crippen LogP contribution in [0.15, 0.2) is 60.7 Å². The third kappa shape index (κ3) is 3.56. The Morgan fingerprint density at radius 3 is 2.44 bits per heavy atom. The molecule has 1 aromatic heterocycles. The molecule has 4 nitrogen and oxygen atoms in total. The summed E-state index contributed by atoms with van der Waals surface area (Å²) in [5, 5.41) is 1.05. The van der Waals surface area contributed by atoms with Crippen LogP contribution in [0.4, 0.5) is 5.13 Å². The quantitative estimate of drug-likeness (QED) is 0.677. The molecular weight excluding hydrogens is 330 g/mol. The lowest BCUT2D eigenvalue weighted by molar-refractivity contribution is -0.126. The standard InChI is InChI=1S/C20H19N3OS/c24-19(11-10-16-6-2-1-3-7-16)22-12-14-23(15-13-22)20-21-17-8-4-5-9-18(17)25-20/h1-11H,12-15H2. The summed E-state index contributed by atoms with van der Waals surface area (Å²) in [6.07, 6.45) is 3.55. The molecule has 0 saturated carbocycles. The number of fused-ring (bicyclic) bond motifs is 1. The Kier molecular flexibility index (Phi) is 4.48. The van der Waals surface area contributed by atoms with Gasteiger partial charge in [-0.25, -0.2) is 4.98 Å². The molecule has 126 valence electrons. The van der Waals surface area contributed by atoms with E-state index in [1.165, 1.54) is 4.70 Å². The number of hydrogen-bond acceptors (Lipinski definition) is 4. The third-order valence-electron chi connectivity index (χ3n) is 4.36. The number of para-hydroxylation sites is 1. The Hall–Kier alpha value is -2.66. The lowest BCUT2D eigenvalue weighted by atomic mass is 10.2. The summed E-state index contributed by atoms with van der Waals surface area (Å²) in [6, 6.07) is 18.1. The van der Waals surface area contributed by atoms with Gasteiger partial charge < -0.3 is 9.80 Å². The van der Waals surface area contributed by atoms with Gasteiger partial charge >= 0.3 is 0 Å². The van der Waals surface area contributed by atoms with Crippen molar-refractivity contribution in [3.63, 3.8) is 0 Å². The number of hydrogen-bond donors (Lipinski definition) is 0. The van der Waals surface area contributed by atoms with E-state index in [4.69, 9.17) is 4.98 Å². The molecule has 1 aliphatic heterocycles. The minimum Gasteiger partial charge on any atom is -0.345 e. The van der Waals surface area contributed by atoms with Crippen molar-refractivity contribution in [1.82, 2.24) is 9.88 Å². The van der Waals surface area contributed by atoms with Crippen LogP contribution in [0, 0.1) is 0 Å². The summed E-state index contributed by atoms with van der Waals surface area (Å²) in [5.41, 5.74) is 2.09. The van der Waals surface area contributed by atoms with E-state index in [0.29, 0.717) is 0 Å². The summed E-state index contributed by atoms with van der Waals surface area (Å²) in [7, 11) is 0. The predicted molar refractivity (Wildman–Crippen MR) is 104 cm³/mol. The van der Waals surface area contributed by atoms with Crippen molar-refractivity contribution in [3.8, 4) is 0 Å². The van der Waals surface area contributed by atoms with E-state index >= 15 is 0 Å². The van der Waals surface area contributed by atoms with Crippen molar-refractivity contribution >= 4 is 38.7 Å². The van der Waals surface area contributed by atoms with Crippen LogP contribution in [0.2, 0.25) is 0 Å². The van der Waals surface area contributed by atoms with Gasteiger partial charge in [-0.1, -0.05) is 53.8 Å². The first-order valence-electron chi connectivity index (χ1n) is 8.42. The maximum Gasteiger partial charge on any atom is 0.246 e. The number of piperazine rings is 1. The highest BCUT2D eigenvalue weighted by atomic mass is 32.1. The van der Waals surface area contributed by atoms with E-state index in [1.54, 1.807) is 17.4 Å². The normalized spacial score (nSPS) is 15.2. The van der Waals surface area contributed by atoms with Gasteiger partial charge in [-0.15, -0.1) is 0 Å². The van der Waals surface area contributed by atoms with Gasteiger partial charge in [-0.2, -0.15) is 0 Å². The first-order valence-corrected chi connectivity index (χ1v) is 9.24. The fraction of sp³-hybridized carbons (Fsp3) is 0.200. The van der Waals surface area contributed by atoms with Crippen LogP contribution in [0.5, 0.6) is 0 Å². The van der Waals surface area contributed by atoms with Gasteiger partial charge in [0.2, 0.25) is 5.91 Å². The van der Waals surface area contributed by atoms with Crippen LogP contribution < -0.4 is 4.90 Å². The molecule has 0 atom stereocenters. The van der Waals surface area contributed by atoms with Gasteiger partial charge in [0.05, 0.1) is 10.2 Å². The average Bonchev–Trinajstić information content (AvgIpc) is 3.11. The summed E-state index contributed by atoms with van der Waals surface area (Å²) < 4.78 is 1.21. The molecule has 25 heavy (non-hydrogen) atoms. The fourth-order valence-corrected chi connectivity index (χ4v) is 3.97. The summed E-state index contributed by atoms with van der Waals surface area (Å²) in [5.74, 6) is 0.0767. The molecule has 0 radical (unpaired) electrons. The minimum absolute atomic E-state index is 0.0767. The highest BCUT2D eigenvalue weighted by Crippen LogP contribution is 2.29. The van der Waals surface area contributed by atoms with E-state index in [2.05, 4.69) is 11.0 Å². The van der Waals surface area contributed by atoms with Crippen LogP contribution in [-0.4, -0.2) is 42.0 Å². The highest BCUT2D eigenvalue weighted by molar-refractivity contribution is 7.22. The minimum atomic E-state index is 0.0767. The molecule has 0 spiro atoms. The number of anilines is 1. The van der Waals surface area contributed by atoms with E-state index < -0.39 is 0 Å². The van der Waals surface area contributed by atoms with Crippen LogP contribution >= 0.6 is 11.3 Å². The maximum atomic E-state index is 12.4. The molecule has 3 aromatic rings. The van der Waals surface area contributed by atoms with Crippen LogP contribution in [-0.2, 0) is 4.79 Å². The molecule has 1 amide bonds. The molecule has 0 unspecified atom stereocenters. The van der Waals surface area contributed by atoms with E-state index in [9.17, 15) is 4.79 Å². The SMILES string of the molecule is O=C(C=Cc1ccccc1)N1CCN(c2nc3ccccc3s2)CC1. The number of carbonyl (C=O) groups is 1. The van der Waals surface area contributed by atoms with Crippen molar-refractivity contribution in [3.05, 3.63) is 66.2 Å². The first kappa shape index (κ1) is 15.8. The van der Waals surface area contributed by atoms with Gasteiger partial charge in [0, 0.05) is 32.3 Å². The van der Waals surface area contributed by atoms with Crippen molar-refractivity contribution in [2.24, 2.45) is 0 Å². The Balaban J connectivity index is 1.37. The third-order valence-corrected chi connectivity index (χ3v) is 5.46. The van der Waals surface area contributed by atoms with Gasteiger partial charge in [0.15, 0.2) is 5.13 Å². The van der Waals surface area contributed by atoms with Crippen molar-refractivity contribution < 1.29 is 4.79 Å². The average molecular weight is 349 g/mol. The predicted octanol–water partition coefficient (Wildman–Crippen LogP) is 3.66. The first-order chi connectivity index (χ1) is 12.3. The molecule has 1 fully saturated rings.